The first kappa shape index (κ1) is 14.6. The van der Waals surface area contributed by atoms with Crippen molar-refractivity contribution >= 4 is 34.0 Å². The molecule has 22 heavy (non-hydrogen) atoms. The lowest BCUT2D eigenvalue weighted by Gasteiger charge is -2.05. The third-order valence-electron chi connectivity index (χ3n) is 3.73. The van der Waals surface area contributed by atoms with Crippen LogP contribution in [0.3, 0.4) is 0 Å². The molecule has 2 aromatic heterocycles. The molecule has 1 amide bonds. The largest absolute Gasteiger partial charge is 0.328 e. The van der Waals surface area contributed by atoms with Crippen molar-refractivity contribution < 1.29 is 4.79 Å². The number of fused-ring (bicyclic) bond motifs is 1. The highest BCUT2D eigenvalue weighted by atomic mass is 32.1. The summed E-state index contributed by atoms with van der Waals surface area (Å²) in [7, 11) is 3.47. The first-order valence-corrected chi connectivity index (χ1v) is 7.92. The van der Waals surface area contributed by atoms with Gasteiger partial charge in [0.25, 0.3) is 0 Å². The Labute approximate surface area is 131 Å². The maximum Gasteiger partial charge on any atom is 0.328 e. The van der Waals surface area contributed by atoms with E-state index in [4.69, 9.17) is 0 Å². The van der Waals surface area contributed by atoms with E-state index in [-0.39, 0.29) is 11.6 Å². The van der Waals surface area contributed by atoms with Crippen LogP contribution in [0, 0.1) is 0 Å². The lowest BCUT2D eigenvalue weighted by atomic mass is 10.2. The van der Waals surface area contributed by atoms with Gasteiger partial charge in [0, 0.05) is 31.1 Å². The van der Waals surface area contributed by atoms with E-state index in [0.717, 1.165) is 17.5 Å². The monoisotopic (exact) mass is 315 g/mol. The molecule has 114 valence electrons. The van der Waals surface area contributed by atoms with E-state index in [1.165, 1.54) is 4.88 Å². The number of rotatable bonds is 4. The maximum atomic E-state index is 12.0. The number of nitrogens with one attached hydrogen (secondary N) is 1. The Morgan fingerprint density at radius 2 is 1.95 bits per heavy atom. The van der Waals surface area contributed by atoms with Crippen LogP contribution in [0.4, 0.5) is 5.69 Å². The summed E-state index contributed by atoms with van der Waals surface area (Å²) >= 11 is 1.66. The molecule has 3 rings (SSSR count). The summed E-state index contributed by atoms with van der Waals surface area (Å²) in [6, 6.07) is 9.53. The summed E-state index contributed by atoms with van der Waals surface area (Å²) in [6.07, 6.45) is 1.20. The molecule has 0 saturated heterocycles. The molecule has 0 unspecified atom stereocenters. The van der Waals surface area contributed by atoms with Gasteiger partial charge in [0.2, 0.25) is 5.91 Å². The van der Waals surface area contributed by atoms with Gasteiger partial charge in [0.1, 0.15) is 0 Å². The van der Waals surface area contributed by atoms with Gasteiger partial charge < -0.3 is 5.32 Å². The van der Waals surface area contributed by atoms with Crippen molar-refractivity contribution in [3.05, 3.63) is 51.1 Å². The van der Waals surface area contributed by atoms with E-state index < -0.39 is 0 Å². The molecule has 0 spiro atoms. The fourth-order valence-corrected chi connectivity index (χ4v) is 3.21. The number of nitrogens with zero attached hydrogens (tertiary/aromatic N) is 2. The highest BCUT2D eigenvalue weighted by Crippen LogP contribution is 2.18. The molecule has 5 nitrogen and oxygen atoms in total. The van der Waals surface area contributed by atoms with Crippen LogP contribution < -0.4 is 11.0 Å². The van der Waals surface area contributed by atoms with Gasteiger partial charge >= 0.3 is 5.69 Å². The average molecular weight is 315 g/mol. The smallest absolute Gasteiger partial charge is 0.326 e. The molecule has 2 heterocycles. The molecule has 1 aromatic carbocycles. The van der Waals surface area contributed by atoms with E-state index in [0.29, 0.717) is 12.1 Å². The van der Waals surface area contributed by atoms with Gasteiger partial charge in [0.15, 0.2) is 0 Å². The van der Waals surface area contributed by atoms with E-state index in [2.05, 4.69) is 5.32 Å². The molecule has 0 aliphatic rings. The molecular weight excluding hydrogens is 298 g/mol. The Bertz CT molecular complexity index is 875. The van der Waals surface area contributed by atoms with Crippen LogP contribution in [0.15, 0.2) is 40.5 Å². The maximum absolute atomic E-state index is 12.0. The summed E-state index contributed by atoms with van der Waals surface area (Å²) in [6.45, 7) is 0. The van der Waals surface area contributed by atoms with E-state index in [9.17, 15) is 9.59 Å². The minimum atomic E-state index is -0.0730. The van der Waals surface area contributed by atoms with Gasteiger partial charge in [-0.05, 0) is 36.1 Å². The minimum Gasteiger partial charge on any atom is -0.326 e. The first-order valence-electron chi connectivity index (χ1n) is 7.04. The van der Waals surface area contributed by atoms with Gasteiger partial charge in [-0.3, -0.25) is 13.9 Å². The Hall–Kier alpha value is -2.34. The quantitative estimate of drug-likeness (QED) is 0.804. The summed E-state index contributed by atoms with van der Waals surface area (Å²) in [5.74, 6) is -0.0197. The zero-order valence-corrected chi connectivity index (χ0v) is 13.3. The standard InChI is InChI=1S/C16H17N3O2S/c1-18-13-7-5-11(10-14(13)19(2)16(18)21)17-15(20)8-6-12-4-3-9-22-12/h3-5,7,9-10H,6,8H2,1-2H3,(H,17,20). The van der Waals surface area contributed by atoms with Gasteiger partial charge in [0.05, 0.1) is 11.0 Å². The molecule has 0 bridgehead atoms. The minimum absolute atomic E-state index is 0.0197. The Balaban J connectivity index is 1.75. The number of benzene rings is 1. The summed E-state index contributed by atoms with van der Waals surface area (Å²) < 4.78 is 3.17. The average Bonchev–Trinajstić information content (AvgIpc) is 3.10. The third kappa shape index (κ3) is 2.69. The Morgan fingerprint density at radius 3 is 2.68 bits per heavy atom. The van der Waals surface area contributed by atoms with E-state index in [1.807, 2.05) is 35.7 Å². The van der Waals surface area contributed by atoms with Crippen LogP contribution >= 0.6 is 11.3 Å². The molecule has 0 fully saturated rings. The third-order valence-corrected chi connectivity index (χ3v) is 4.67. The van der Waals surface area contributed by atoms with E-state index in [1.54, 1.807) is 34.6 Å². The van der Waals surface area contributed by atoms with Crippen molar-refractivity contribution in [2.24, 2.45) is 14.1 Å². The van der Waals surface area contributed by atoms with Crippen molar-refractivity contribution in [3.63, 3.8) is 0 Å². The summed E-state index contributed by atoms with van der Waals surface area (Å²) in [5, 5.41) is 4.90. The molecule has 0 saturated carbocycles. The van der Waals surface area contributed by atoms with Gasteiger partial charge in [-0.2, -0.15) is 0 Å². The Morgan fingerprint density at radius 1 is 1.18 bits per heavy atom. The van der Waals surface area contributed by atoms with E-state index >= 15 is 0 Å². The molecule has 0 radical (unpaired) electrons. The van der Waals surface area contributed by atoms with Gasteiger partial charge in [-0.15, -0.1) is 11.3 Å². The number of amides is 1. The van der Waals surface area contributed by atoms with Crippen LogP contribution in [0.25, 0.3) is 11.0 Å². The zero-order chi connectivity index (χ0) is 15.7. The number of aryl methyl sites for hydroxylation is 3. The number of imidazole rings is 1. The second kappa shape index (κ2) is 5.81. The summed E-state index contributed by atoms with van der Waals surface area (Å²) in [5.41, 5.74) is 2.30. The fourth-order valence-electron chi connectivity index (χ4n) is 2.50. The predicted octanol–water partition coefficient (Wildman–Crippen LogP) is 2.51. The SMILES string of the molecule is Cn1c(=O)n(C)c2cc(NC(=O)CCc3cccs3)ccc21. The number of aromatic nitrogens is 2. The van der Waals surface area contributed by atoms with Crippen molar-refractivity contribution in [2.75, 3.05) is 5.32 Å². The van der Waals surface area contributed by atoms with Crippen molar-refractivity contribution in [1.82, 2.24) is 9.13 Å². The number of hydrogen-bond acceptors (Lipinski definition) is 3. The van der Waals surface area contributed by atoms with Gasteiger partial charge in [-0.1, -0.05) is 6.07 Å². The number of hydrogen-bond donors (Lipinski definition) is 1. The van der Waals surface area contributed by atoms with Crippen LogP contribution in [0.5, 0.6) is 0 Å². The zero-order valence-electron chi connectivity index (χ0n) is 12.5. The molecule has 3 aromatic rings. The lowest BCUT2D eigenvalue weighted by Crippen LogP contribution is -2.19. The first-order chi connectivity index (χ1) is 10.6. The second-order valence-corrected chi connectivity index (χ2v) is 6.26. The molecule has 0 aliphatic heterocycles. The predicted molar refractivity (Wildman–Crippen MR) is 89.4 cm³/mol. The van der Waals surface area contributed by atoms with Crippen LogP contribution in [-0.2, 0) is 25.3 Å². The molecule has 0 atom stereocenters. The highest BCUT2D eigenvalue weighted by Gasteiger charge is 2.09. The molecule has 0 aliphatic carbocycles. The lowest BCUT2D eigenvalue weighted by molar-refractivity contribution is -0.116. The number of anilines is 1. The highest BCUT2D eigenvalue weighted by molar-refractivity contribution is 7.09. The van der Waals surface area contributed by atoms with Crippen molar-refractivity contribution in [2.45, 2.75) is 12.8 Å². The number of carbonyl (C=O) groups is 1. The van der Waals surface area contributed by atoms with Crippen molar-refractivity contribution in [1.29, 1.82) is 0 Å². The van der Waals surface area contributed by atoms with Gasteiger partial charge in [-0.25, -0.2) is 4.79 Å². The molecule has 1 N–H and O–H groups in total. The number of thiophene rings is 1. The van der Waals surface area contributed by atoms with Crippen LogP contribution in [0.2, 0.25) is 0 Å². The topological polar surface area (TPSA) is 56.0 Å². The molecule has 6 heteroatoms. The van der Waals surface area contributed by atoms with Crippen LogP contribution in [-0.4, -0.2) is 15.0 Å². The Kier molecular flexibility index (Phi) is 3.85. The number of carbonyl (C=O) groups excluding carboxylic acids is 1. The summed E-state index contributed by atoms with van der Waals surface area (Å²) in [4.78, 5) is 25.1. The van der Waals surface area contributed by atoms with Crippen molar-refractivity contribution in [3.8, 4) is 0 Å². The second-order valence-electron chi connectivity index (χ2n) is 5.23. The van der Waals surface area contributed by atoms with Crippen LogP contribution in [0.1, 0.15) is 11.3 Å². The molecular formula is C16H17N3O2S. The fraction of sp³-hybridized carbons (Fsp3) is 0.250. The normalized spacial score (nSPS) is 11.0.